The Bertz CT molecular complexity index is 482. The van der Waals surface area contributed by atoms with E-state index in [1.54, 1.807) is 18.2 Å². The third-order valence-electron chi connectivity index (χ3n) is 2.02. The van der Waals surface area contributed by atoms with E-state index in [4.69, 9.17) is 0 Å². The minimum Gasteiger partial charge on any atom is -0.456 e. The number of ether oxygens (including phenoxy) is 1. The summed E-state index contributed by atoms with van der Waals surface area (Å²) in [5.41, 5.74) is 1.00. The van der Waals surface area contributed by atoms with Crippen LogP contribution < -0.4 is 5.32 Å². The van der Waals surface area contributed by atoms with Crippen molar-refractivity contribution in [1.82, 2.24) is 5.32 Å². The fourth-order valence-electron chi connectivity index (χ4n) is 1.29. The van der Waals surface area contributed by atoms with Crippen LogP contribution in [-0.4, -0.2) is 18.5 Å². The molecule has 82 valence electrons. The van der Waals surface area contributed by atoms with Crippen molar-refractivity contribution < 1.29 is 14.3 Å². The molecule has 0 spiro atoms. The topological polar surface area (TPSA) is 55.4 Å². The van der Waals surface area contributed by atoms with Gasteiger partial charge in [-0.3, -0.25) is 4.79 Å². The van der Waals surface area contributed by atoms with Gasteiger partial charge in [0.2, 0.25) is 0 Å². The van der Waals surface area contributed by atoms with Crippen molar-refractivity contribution >= 4 is 27.8 Å². The number of esters is 1. The van der Waals surface area contributed by atoms with Gasteiger partial charge in [0.25, 0.3) is 5.91 Å². The van der Waals surface area contributed by atoms with Crippen molar-refractivity contribution in [2.75, 3.05) is 6.61 Å². The number of cyclic esters (lactones) is 1. The van der Waals surface area contributed by atoms with Gasteiger partial charge in [0.05, 0.1) is 5.70 Å². The van der Waals surface area contributed by atoms with E-state index in [1.807, 2.05) is 6.07 Å². The van der Waals surface area contributed by atoms with Crippen LogP contribution in [0.4, 0.5) is 0 Å². The van der Waals surface area contributed by atoms with E-state index in [2.05, 4.69) is 26.0 Å². The van der Waals surface area contributed by atoms with E-state index in [0.717, 1.165) is 4.47 Å². The lowest BCUT2D eigenvalue weighted by molar-refractivity contribution is -0.134. The van der Waals surface area contributed by atoms with E-state index >= 15 is 0 Å². The van der Waals surface area contributed by atoms with Crippen LogP contribution in [0.15, 0.2) is 40.5 Å². The zero-order chi connectivity index (χ0) is 11.5. The van der Waals surface area contributed by atoms with Crippen molar-refractivity contribution in [2.45, 2.75) is 0 Å². The Morgan fingerprint density at radius 2 is 2.25 bits per heavy atom. The largest absolute Gasteiger partial charge is 0.456 e. The van der Waals surface area contributed by atoms with Crippen molar-refractivity contribution in [2.24, 2.45) is 0 Å². The van der Waals surface area contributed by atoms with E-state index < -0.39 is 5.97 Å². The standard InChI is InChI=1S/C11H8BrNO3/c12-8-3-1-2-7(4-8)11(15)13-9-5-10(14)16-6-9/h1-5H,6H2,(H,13,15). The number of hydrogen-bond donors (Lipinski definition) is 1. The number of halogens is 1. The second-order valence-electron chi connectivity index (χ2n) is 3.24. The molecule has 0 atom stereocenters. The highest BCUT2D eigenvalue weighted by Gasteiger charge is 2.15. The molecule has 0 fully saturated rings. The van der Waals surface area contributed by atoms with Crippen molar-refractivity contribution in [3.05, 3.63) is 46.1 Å². The summed E-state index contributed by atoms with van der Waals surface area (Å²) in [7, 11) is 0. The smallest absolute Gasteiger partial charge is 0.333 e. The highest BCUT2D eigenvalue weighted by molar-refractivity contribution is 9.10. The van der Waals surface area contributed by atoms with Crippen LogP contribution in [0.1, 0.15) is 10.4 Å². The molecular weight excluding hydrogens is 274 g/mol. The van der Waals surface area contributed by atoms with E-state index in [-0.39, 0.29) is 12.5 Å². The normalized spacial score (nSPS) is 14.3. The third kappa shape index (κ3) is 2.49. The quantitative estimate of drug-likeness (QED) is 0.839. The number of nitrogens with one attached hydrogen (secondary N) is 1. The second kappa shape index (κ2) is 4.49. The van der Waals surface area contributed by atoms with Gasteiger partial charge in [0.15, 0.2) is 0 Å². The third-order valence-corrected chi connectivity index (χ3v) is 2.52. The van der Waals surface area contributed by atoms with Crippen molar-refractivity contribution in [1.29, 1.82) is 0 Å². The van der Waals surface area contributed by atoms with Crippen molar-refractivity contribution in [3.63, 3.8) is 0 Å². The van der Waals surface area contributed by atoms with Crippen LogP contribution in [0.25, 0.3) is 0 Å². The highest BCUT2D eigenvalue weighted by Crippen LogP contribution is 2.12. The Morgan fingerprint density at radius 1 is 1.44 bits per heavy atom. The molecule has 0 saturated carbocycles. The number of amides is 1. The van der Waals surface area contributed by atoms with Gasteiger partial charge in [-0.1, -0.05) is 22.0 Å². The Hall–Kier alpha value is -1.62. The number of carbonyl (C=O) groups is 2. The Morgan fingerprint density at radius 3 is 2.88 bits per heavy atom. The van der Waals surface area contributed by atoms with Crippen LogP contribution in [0.3, 0.4) is 0 Å². The zero-order valence-corrected chi connectivity index (χ0v) is 9.78. The molecule has 1 N–H and O–H groups in total. The SMILES string of the molecule is O=C1C=C(NC(=O)c2cccc(Br)c2)CO1. The summed E-state index contributed by atoms with van der Waals surface area (Å²) in [6.07, 6.45) is 1.27. The van der Waals surface area contributed by atoms with Gasteiger partial charge < -0.3 is 10.1 Å². The molecule has 0 bridgehead atoms. The first kappa shape index (κ1) is 10.9. The molecule has 1 heterocycles. The fraction of sp³-hybridized carbons (Fsp3) is 0.0909. The molecule has 5 heteroatoms. The molecule has 0 aromatic heterocycles. The molecule has 0 unspecified atom stereocenters. The molecule has 0 radical (unpaired) electrons. The van der Waals surface area contributed by atoms with Gasteiger partial charge in [-0.15, -0.1) is 0 Å². The molecule has 1 aliphatic rings. The molecular formula is C11H8BrNO3. The van der Waals surface area contributed by atoms with Crippen LogP contribution in [0.5, 0.6) is 0 Å². The molecule has 1 aromatic carbocycles. The minimum atomic E-state index is -0.426. The molecule has 16 heavy (non-hydrogen) atoms. The summed E-state index contributed by atoms with van der Waals surface area (Å²) in [5, 5.41) is 2.61. The monoisotopic (exact) mass is 281 g/mol. The maximum atomic E-state index is 11.7. The molecule has 1 amide bonds. The average Bonchev–Trinajstić information content (AvgIpc) is 2.64. The summed E-state index contributed by atoms with van der Waals surface area (Å²) < 4.78 is 5.50. The Balaban J connectivity index is 2.09. The second-order valence-corrected chi connectivity index (χ2v) is 4.16. The van der Waals surface area contributed by atoms with E-state index in [1.165, 1.54) is 6.08 Å². The summed E-state index contributed by atoms with van der Waals surface area (Å²) in [4.78, 5) is 22.5. The summed E-state index contributed by atoms with van der Waals surface area (Å²) in [6, 6.07) is 6.99. The lowest BCUT2D eigenvalue weighted by atomic mass is 10.2. The molecule has 1 aliphatic heterocycles. The Kier molecular flexibility index (Phi) is 3.05. The van der Waals surface area contributed by atoms with Gasteiger partial charge in [-0.25, -0.2) is 4.79 Å². The first-order chi connectivity index (χ1) is 7.65. The number of rotatable bonds is 2. The predicted molar refractivity (Wildman–Crippen MR) is 60.7 cm³/mol. The number of carbonyl (C=O) groups excluding carboxylic acids is 2. The lowest BCUT2D eigenvalue weighted by Gasteiger charge is -2.04. The Labute approximate surface area is 100 Å². The summed E-state index contributed by atoms with van der Waals surface area (Å²) in [5.74, 6) is -0.685. The van der Waals surface area contributed by atoms with Gasteiger partial charge in [0.1, 0.15) is 6.61 Å². The van der Waals surface area contributed by atoms with E-state index in [9.17, 15) is 9.59 Å². The predicted octanol–water partition coefficient (Wildman–Crippen LogP) is 1.62. The van der Waals surface area contributed by atoms with Gasteiger partial charge in [-0.2, -0.15) is 0 Å². The number of hydrogen-bond acceptors (Lipinski definition) is 3. The van der Waals surface area contributed by atoms with Gasteiger partial charge in [-0.05, 0) is 18.2 Å². The molecule has 4 nitrogen and oxygen atoms in total. The zero-order valence-electron chi connectivity index (χ0n) is 8.20. The fourth-order valence-corrected chi connectivity index (χ4v) is 1.69. The van der Waals surface area contributed by atoms with Gasteiger partial charge in [0, 0.05) is 16.1 Å². The maximum Gasteiger partial charge on any atom is 0.333 e. The van der Waals surface area contributed by atoms with Crippen LogP contribution in [0, 0.1) is 0 Å². The van der Waals surface area contributed by atoms with Crippen LogP contribution in [-0.2, 0) is 9.53 Å². The van der Waals surface area contributed by atoms with Crippen LogP contribution >= 0.6 is 15.9 Å². The maximum absolute atomic E-state index is 11.7. The molecule has 2 rings (SSSR count). The highest BCUT2D eigenvalue weighted by atomic mass is 79.9. The average molecular weight is 282 g/mol. The van der Waals surface area contributed by atoms with Crippen molar-refractivity contribution in [3.8, 4) is 0 Å². The molecule has 0 saturated heterocycles. The first-order valence-electron chi connectivity index (χ1n) is 4.59. The molecule has 1 aromatic rings. The van der Waals surface area contributed by atoms with E-state index in [0.29, 0.717) is 11.3 Å². The molecule has 0 aliphatic carbocycles. The minimum absolute atomic E-state index is 0.124. The first-order valence-corrected chi connectivity index (χ1v) is 5.39. The van der Waals surface area contributed by atoms with Crippen LogP contribution in [0.2, 0.25) is 0 Å². The lowest BCUT2D eigenvalue weighted by Crippen LogP contribution is -2.23. The summed E-state index contributed by atoms with van der Waals surface area (Å²) >= 11 is 3.28. The summed E-state index contributed by atoms with van der Waals surface area (Å²) in [6.45, 7) is 0.124. The number of benzene rings is 1. The van der Waals surface area contributed by atoms with Gasteiger partial charge >= 0.3 is 5.97 Å².